The van der Waals surface area contributed by atoms with Gasteiger partial charge in [0.15, 0.2) is 17.3 Å². The number of hydrogen-bond donors (Lipinski definition) is 0. The smallest absolute Gasteiger partial charge is 0.272 e. The molecular formula is C28H28N4O5. The van der Waals surface area contributed by atoms with E-state index in [4.69, 9.17) is 23.7 Å². The molecule has 0 radical (unpaired) electrons. The lowest BCUT2D eigenvalue weighted by Crippen LogP contribution is -2.48. The Morgan fingerprint density at radius 3 is 2.46 bits per heavy atom. The summed E-state index contributed by atoms with van der Waals surface area (Å²) in [6.45, 7) is 5.78. The summed E-state index contributed by atoms with van der Waals surface area (Å²) in [6.07, 6.45) is 0. The van der Waals surface area contributed by atoms with E-state index in [2.05, 4.69) is 11.0 Å². The van der Waals surface area contributed by atoms with Crippen LogP contribution in [-0.4, -0.2) is 65.6 Å². The summed E-state index contributed by atoms with van der Waals surface area (Å²) in [4.78, 5) is 18.0. The highest BCUT2D eigenvalue weighted by Crippen LogP contribution is 2.33. The van der Waals surface area contributed by atoms with Crippen LogP contribution in [0.3, 0.4) is 0 Å². The molecule has 0 bridgehead atoms. The van der Waals surface area contributed by atoms with E-state index in [1.807, 2.05) is 66.4 Å². The number of fused-ring (bicyclic) bond motifs is 1. The molecule has 9 heteroatoms. The van der Waals surface area contributed by atoms with Gasteiger partial charge in [0, 0.05) is 38.8 Å². The molecule has 1 amide bonds. The molecule has 0 aliphatic carbocycles. The molecule has 0 spiro atoms. The van der Waals surface area contributed by atoms with Gasteiger partial charge < -0.3 is 23.5 Å². The van der Waals surface area contributed by atoms with Crippen molar-refractivity contribution in [1.29, 1.82) is 0 Å². The van der Waals surface area contributed by atoms with Crippen LogP contribution < -0.4 is 14.2 Å². The molecule has 9 nitrogen and oxygen atoms in total. The molecule has 0 atom stereocenters. The highest BCUT2D eigenvalue weighted by Gasteiger charge is 2.27. The van der Waals surface area contributed by atoms with Crippen LogP contribution in [0.1, 0.15) is 21.8 Å². The lowest BCUT2D eigenvalue weighted by atomic mass is 10.1. The van der Waals surface area contributed by atoms with Gasteiger partial charge in [0.2, 0.25) is 6.79 Å². The van der Waals surface area contributed by atoms with Crippen molar-refractivity contribution < 1.29 is 23.4 Å². The number of carbonyl (C=O) groups is 1. The van der Waals surface area contributed by atoms with E-state index in [-0.39, 0.29) is 12.7 Å². The molecular weight excluding hydrogens is 472 g/mol. The zero-order chi connectivity index (χ0) is 25.4. The minimum Gasteiger partial charge on any atom is -0.497 e. The van der Waals surface area contributed by atoms with Crippen LogP contribution in [-0.2, 0) is 6.54 Å². The van der Waals surface area contributed by atoms with Crippen LogP contribution in [0.25, 0.3) is 17.1 Å². The predicted octanol–water partition coefficient (Wildman–Crippen LogP) is 4.14. The number of aryl methyl sites for hydroxylation is 1. The monoisotopic (exact) mass is 500 g/mol. The van der Waals surface area contributed by atoms with E-state index in [1.165, 1.54) is 5.56 Å². The van der Waals surface area contributed by atoms with Crippen molar-refractivity contribution in [3.8, 4) is 34.4 Å². The summed E-state index contributed by atoms with van der Waals surface area (Å²) < 4.78 is 23.7. The van der Waals surface area contributed by atoms with Gasteiger partial charge in [-0.05, 0) is 61.0 Å². The maximum absolute atomic E-state index is 13.7. The number of nitrogens with zero attached hydrogens (tertiary/aromatic N) is 4. The zero-order valence-corrected chi connectivity index (χ0v) is 20.8. The number of furan rings is 1. The Balaban J connectivity index is 1.20. The number of methoxy groups -OCH3 is 1. The Hall–Kier alpha value is -4.24. The van der Waals surface area contributed by atoms with Crippen molar-refractivity contribution in [1.82, 2.24) is 19.6 Å². The van der Waals surface area contributed by atoms with Gasteiger partial charge in [-0.1, -0.05) is 6.07 Å². The second-order valence-electron chi connectivity index (χ2n) is 9.19. The molecule has 2 aliphatic heterocycles. The number of rotatable bonds is 6. The van der Waals surface area contributed by atoms with Gasteiger partial charge in [-0.25, -0.2) is 4.68 Å². The number of piperazine rings is 1. The Labute approximate surface area is 214 Å². The summed E-state index contributed by atoms with van der Waals surface area (Å²) in [6, 6.07) is 19.1. The number of benzene rings is 2. The minimum absolute atomic E-state index is 0.0550. The molecule has 190 valence electrons. The third-order valence-electron chi connectivity index (χ3n) is 6.74. The highest BCUT2D eigenvalue weighted by molar-refractivity contribution is 5.94. The first kappa shape index (κ1) is 23.2. The van der Waals surface area contributed by atoms with Crippen molar-refractivity contribution in [2.24, 2.45) is 0 Å². The van der Waals surface area contributed by atoms with Crippen molar-refractivity contribution in [2.75, 3.05) is 40.1 Å². The van der Waals surface area contributed by atoms with Crippen molar-refractivity contribution in [2.45, 2.75) is 13.5 Å². The summed E-state index contributed by atoms with van der Waals surface area (Å²) in [7, 11) is 1.63. The quantitative estimate of drug-likeness (QED) is 0.394. The molecule has 1 saturated heterocycles. The standard InChI is InChI=1S/C28H28N4O5/c1-19-3-9-25(37-19)23-16-24(32(29-23)21-5-7-22(34-2)8-6-21)28(33)31-13-11-30(12-14-31)17-20-4-10-26-27(15-20)36-18-35-26/h3-10,15-16H,11-14,17-18H2,1-2H3. The third-order valence-corrected chi connectivity index (χ3v) is 6.74. The fraction of sp³-hybridized carbons (Fsp3) is 0.286. The Morgan fingerprint density at radius 1 is 0.946 bits per heavy atom. The Morgan fingerprint density at radius 2 is 1.73 bits per heavy atom. The van der Waals surface area contributed by atoms with Gasteiger partial charge in [0.05, 0.1) is 12.8 Å². The van der Waals surface area contributed by atoms with Crippen molar-refractivity contribution in [3.63, 3.8) is 0 Å². The molecule has 2 aliphatic rings. The first-order valence-electron chi connectivity index (χ1n) is 12.3. The van der Waals surface area contributed by atoms with E-state index < -0.39 is 0 Å². The average molecular weight is 501 g/mol. The van der Waals surface area contributed by atoms with Gasteiger partial charge in [-0.15, -0.1) is 0 Å². The second kappa shape index (κ2) is 9.67. The first-order chi connectivity index (χ1) is 18.1. The molecule has 37 heavy (non-hydrogen) atoms. The van der Waals surface area contributed by atoms with E-state index in [0.29, 0.717) is 30.2 Å². The molecule has 4 heterocycles. The van der Waals surface area contributed by atoms with Crippen LogP contribution in [0, 0.1) is 6.92 Å². The number of ether oxygens (including phenoxy) is 3. The van der Waals surface area contributed by atoms with Gasteiger partial charge in [0.1, 0.15) is 22.9 Å². The van der Waals surface area contributed by atoms with Crippen LogP contribution in [0.4, 0.5) is 0 Å². The molecule has 6 rings (SSSR count). The molecule has 1 fully saturated rings. The lowest BCUT2D eigenvalue weighted by molar-refractivity contribution is 0.0619. The predicted molar refractivity (Wildman–Crippen MR) is 136 cm³/mol. The molecule has 0 unspecified atom stereocenters. The summed E-state index contributed by atoms with van der Waals surface area (Å²) in [5.41, 5.74) is 3.06. The van der Waals surface area contributed by atoms with Crippen LogP contribution in [0.15, 0.2) is 65.1 Å². The van der Waals surface area contributed by atoms with Crippen molar-refractivity contribution in [3.05, 3.63) is 77.7 Å². The number of hydrogen-bond acceptors (Lipinski definition) is 7. The van der Waals surface area contributed by atoms with Gasteiger partial charge in [-0.2, -0.15) is 5.10 Å². The largest absolute Gasteiger partial charge is 0.497 e. The zero-order valence-electron chi connectivity index (χ0n) is 20.8. The van der Waals surface area contributed by atoms with Crippen LogP contribution >= 0.6 is 0 Å². The minimum atomic E-state index is -0.0550. The number of amides is 1. The molecule has 0 N–H and O–H groups in total. The van der Waals surface area contributed by atoms with E-state index >= 15 is 0 Å². The number of aromatic nitrogens is 2. The van der Waals surface area contributed by atoms with E-state index in [9.17, 15) is 4.79 Å². The highest BCUT2D eigenvalue weighted by atomic mass is 16.7. The SMILES string of the molecule is COc1ccc(-n2nc(-c3ccc(C)o3)cc2C(=O)N2CCN(Cc3ccc4c(c3)OCO4)CC2)cc1. The second-order valence-corrected chi connectivity index (χ2v) is 9.19. The summed E-state index contributed by atoms with van der Waals surface area (Å²) in [5, 5.41) is 4.74. The third kappa shape index (κ3) is 4.65. The van der Waals surface area contributed by atoms with Gasteiger partial charge in [0.25, 0.3) is 5.91 Å². The average Bonchev–Trinajstić information content (AvgIpc) is 3.68. The number of carbonyl (C=O) groups excluding carboxylic acids is 1. The summed E-state index contributed by atoms with van der Waals surface area (Å²) >= 11 is 0. The maximum Gasteiger partial charge on any atom is 0.272 e. The van der Waals surface area contributed by atoms with E-state index in [1.54, 1.807) is 11.8 Å². The lowest BCUT2D eigenvalue weighted by Gasteiger charge is -2.34. The Kier molecular flexibility index (Phi) is 6.05. The normalized spacial score (nSPS) is 15.2. The van der Waals surface area contributed by atoms with Gasteiger partial charge in [-0.3, -0.25) is 9.69 Å². The molecule has 4 aromatic rings. The summed E-state index contributed by atoms with van der Waals surface area (Å²) in [5.74, 6) is 3.69. The van der Waals surface area contributed by atoms with Crippen LogP contribution in [0.5, 0.6) is 17.2 Å². The van der Waals surface area contributed by atoms with E-state index in [0.717, 1.165) is 48.3 Å². The maximum atomic E-state index is 13.7. The molecule has 2 aromatic heterocycles. The van der Waals surface area contributed by atoms with Gasteiger partial charge >= 0.3 is 0 Å². The fourth-order valence-corrected chi connectivity index (χ4v) is 4.71. The molecule has 0 saturated carbocycles. The molecule has 2 aromatic carbocycles. The topological polar surface area (TPSA) is 82.2 Å². The first-order valence-corrected chi connectivity index (χ1v) is 12.3. The van der Waals surface area contributed by atoms with Crippen molar-refractivity contribution >= 4 is 5.91 Å². The Bertz CT molecular complexity index is 1420. The fourth-order valence-electron chi connectivity index (χ4n) is 4.71. The van der Waals surface area contributed by atoms with Crippen LogP contribution in [0.2, 0.25) is 0 Å².